The number of carbonyl (C=O) groups is 2. The number of alkyl halides is 1. The monoisotopic (exact) mass is 305 g/mol. The summed E-state index contributed by atoms with van der Waals surface area (Å²) in [5, 5.41) is 12.8. The van der Waals surface area contributed by atoms with Crippen molar-refractivity contribution in [3.05, 3.63) is 35.5 Å². The highest BCUT2D eigenvalue weighted by molar-refractivity contribution is 6.27. The van der Waals surface area contributed by atoms with Gasteiger partial charge >= 0.3 is 0 Å². The Morgan fingerprint density at radius 1 is 1.43 bits per heavy atom. The summed E-state index contributed by atoms with van der Waals surface area (Å²) >= 11 is 5.61. The molecule has 0 saturated carbocycles. The highest BCUT2D eigenvalue weighted by atomic mass is 35.5. The Labute approximate surface area is 126 Å². The number of aromatic amines is 1. The first-order valence-electron chi connectivity index (χ1n) is 6.68. The van der Waals surface area contributed by atoms with E-state index in [9.17, 15) is 14.7 Å². The van der Waals surface area contributed by atoms with Gasteiger partial charge in [-0.3, -0.25) is 4.79 Å². The van der Waals surface area contributed by atoms with Gasteiger partial charge in [-0.05, 0) is 25.0 Å². The third kappa shape index (κ3) is 1.84. The van der Waals surface area contributed by atoms with Crippen LogP contribution < -0.4 is 5.11 Å². The van der Waals surface area contributed by atoms with Crippen LogP contribution in [0.25, 0.3) is 10.9 Å². The number of carboxylic acids is 1. The lowest BCUT2D eigenvalue weighted by Crippen LogP contribution is -2.60. The molecule has 0 bridgehead atoms. The summed E-state index contributed by atoms with van der Waals surface area (Å²) in [5.74, 6) is -1.97. The number of hydrogen-bond donors (Lipinski definition) is 1. The van der Waals surface area contributed by atoms with Crippen LogP contribution in [0.15, 0.2) is 24.3 Å². The van der Waals surface area contributed by atoms with Gasteiger partial charge in [0.2, 0.25) is 5.91 Å². The third-order valence-electron chi connectivity index (χ3n) is 4.24. The molecule has 0 saturated heterocycles. The van der Waals surface area contributed by atoms with Crippen molar-refractivity contribution in [2.45, 2.75) is 18.9 Å². The van der Waals surface area contributed by atoms with E-state index < -0.39 is 17.4 Å². The standard InChI is InChI=1S/C15H15ClN2O3/c1-15(14(20)21)13-10(6-7-18(15)12(19)8-16)9-4-2-3-5-11(9)17-13/h2-5,17H,6-8H2,1H3,(H,20,21)/p-1/t15-/m1/s1. The van der Waals surface area contributed by atoms with Gasteiger partial charge in [-0.2, -0.15) is 0 Å². The number of nitrogens with one attached hydrogen (secondary N) is 1. The molecule has 1 aromatic heterocycles. The molecule has 0 spiro atoms. The van der Waals surface area contributed by atoms with Crippen LogP contribution in [0.5, 0.6) is 0 Å². The molecule has 1 aliphatic rings. The lowest BCUT2D eigenvalue weighted by Gasteiger charge is -2.45. The molecule has 1 aromatic carbocycles. The SMILES string of the molecule is C[C@]1(C(=O)[O-])c2[nH]c3ccccc3c2CCN1C(=O)CCl. The fraction of sp³-hybridized carbons (Fsp3) is 0.333. The molecule has 0 unspecified atom stereocenters. The van der Waals surface area contributed by atoms with Crippen molar-refractivity contribution >= 4 is 34.4 Å². The number of carbonyl (C=O) groups excluding carboxylic acids is 2. The average Bonchev–Trinajstić information content (AvgIpc) is 2.86. The minimum absolute atomic E-state index is 0.252. The van der Waals surface area contributed by atoms with Gasteiger partial charge in [-0.25, -0.2) is 0 Å². The van der Waals surface area contributed by atoms with Crippen molar-refractivity contribution in [3.63, 3.8) is 0 Å². The number of H-pyrrole nitrogens is 1. The topological polar surface area (TPSA) is 76.2 Å². The number of aromatic nitrogens is 1. The third-order valence-corrected chi connectivity index (χ3v) is 4.47. The second kappa shape index (κ2) is 4.77. The van der Waals surface area contributed by atoms with Crippen LogP contribution in [0.1, 0.15) is 18.2 Å². The lowest BCUT2D eigenvalue weighted by molar-refractivity contribution is -0.319. The van der Waals surface area contributed by atoms with Crippen molar-refractivity contribution in [1.29, 1.82) is 0 Å². The quantitative estimate of drug-likeness (QED) is 0.832. The Morgan fingerprint density at radius 2 is 2.14 bits per heavy atom. The molecule has 0 fully saturated rings. The Morgan fingerprint density at radius 3 is 2.81 bits per heavy atom. The normalized spacial score (nSPS) is 21.3. The molecule has 1 amide bonds. The number of hydrogen-bond acceptors (Lipinski definition) is 3. The summed E-state index contributed by atoms with van der Waals surface area (Å²) in [7, 11) is 0. The summed E-state index contributed by atoms with van der Waals surface area (Å²) in [5.41, 5.74) is 0.762. The van der Waals surface area contributed by atoms with E-state index in [4.69, 9.17) is 11.6 Å². The predicted octanol–water partition coefficient (Wildman–Crippen LogP) is 0.756. The number of para-hydroxylation sites is 1. The van der Waals surface area contributed by atoms with Gasteiger partial charge in [0, 0.05) is 17.4 Å². The van der Waals surface area contributed by atoms with E-state index in [0.29, 0.717) is 18.7 Å². The van der Waals surface area contributed by atoms with Gasteiger partial charge in [0.25, 0.3) is 0 Å². The van der Waals surface area contributed by atoms with Crippen LogP contribution >= 0.6 is 11.6 Å². The van der Waals surface area contributed by atoms with Crippen LogP contribution in [0.3, 0.4) is 0 Å². The highest BCUT2D eigenvalue weighted by Gasteiger charge is 2.44. The van der Waals surface area contributed by atoms with Crippen LogP contribution in [0, 0.1) is 0 Å². The number of nitrogens with zero attached hydrogens (tertiary/aromatic N) is 1. The van der Waals surface area contributed by atoms with E-state index in [1.807, 2.05) is 24.3 Å². The lowest BCUT2D eigenvalue weighted by atomic mass is 9.86. The molecular weight excluding hydrogens is 292 g/mol. The zero-order chi connectivity index (χ0) is 15.2. The highest BCUT2D eigenvalue weighted by Crippen LogP contribution is 2.38. The number of carboxylic acid groups (broad SMARTS) is 1. The molecule has 0 radical (unpaired) electrons. The molecular formula is C15H14ClN2O3-. The average molecular weight is 306 g/mol. The number of rotatable bonds is 2. The van der Waals surface area contributed by atoms with Gasteiger partial charge in [-0.1, -0.05) is 18.2 Å². The van der Waals surface area contributed by atoms with Crippen LogP contribution in [0.2, 0.25) is 0 Å². The first-order valence-corrected chi connectivity index (χ1v) is 7.21. The zero-order valence-electron chi connectivity index (χ0n) is 11.5. The number of fused-ring (bicyclic) bond motifs is 3. The summed E-state index contributed by atoms with van der Waals surface area (Å²) in [6.45, 7) is 1.80. The Kier molecular flexibility index (Phi) is 3.17. The Hall–Kier alpha value is -2.01. The van der Waals surface area contributed by atoms with Crippen molar-refractivity contribution in [2.24, 2.45) is 0 Å². The predicted molar refractivity (Wildman–Crippen MR) is 76.8 cm³/mol. The minimum Gasteiger partial charge on any atom is -0.547 e. The molecule has 1 atom stereocenters. The minimum atomic E-state index is -1.53. The van der Waals surface area contributed by atoms with Crippen molar-refractivity contribution < 1.29 is 14.7 Å². The molecule has 0 aliphatic carbocycles. The molecule has 3 rings (SSSR count). The van der Waals surface area contributed by atoms with Gasteiger partial charge in [-0.15, -0.1) is 11.6 Å². The maximum absolute atomic E-state index is 12.0. The van der Waals surface area contributed by atoms with Crippen molar-refractivity contribution in [3.8, 4) is 0 Å². The number of aliphatic carboxylic acids is 1. The first kappa shape index (κ1) is 13.9. The Balaban J connectivity index is 2.25. The molecule has 21 heavy (non-hydrogen) atoms. The molecule has 2 heterocycles. The molecule has 6 heteroatoms. The fourth-order valence-electron chi connectivity index (χ4n) is 3.12. The van der Waals surface area contributed by atoms with Crippen molar-refractivity contribution in [1.82, 2.24) is 9.88 Å². The largest absolute Gasteiger partial charge is 0.547 e. The van der Waals surface area contributed by atoms with E-state index >= 15 is 0 Å². The zero-order valence-corrected chi connectivity index (χ0v) is 12.2. The summed E-state index contributed by atoms with van der Waals surface area (Å²) < 4.78 is 0. The van der Waals surface area contributed by atoms with E-state index in [0.717, 1.165) is 16.5 Å². The summed E-state index contributed by atoms with van der Waals surface area (Å²) in [6.07, 6.45) is 0.588. The van der Waals surface area contributed by atoms with Gasteiger partial charge < -0.3 is 19.8 Å². The first-order chi connectivity index (χ1) is 10.00. The molecule has 1 aliphatic heterocycles. The van der Waals surface area contributed by atoms with E-state index in [-0.39, 0.29) is 5.88 Å². The smallest absolute Gasteiger partial charge is 0.238 e. The number of amides is 1. The van der Waals surface area contributed by atoms with Gasteiger partial charge in [0.1, 0.15) is 11.4 Å². The van der Waals surface area contributed by atoms with Crippen LogP contribution in [0.4, 0.5) is 0 Å². The Bertz CT molecular complexity index is 740. The van der Waals surface area contributed by atoms with E-state index in [2.05, 4.69) is 4.98 Å². The molecule has 2 aromatic rings. The van der Waals surface area contributed by atoms with Gasteiger partial charge in [0.15, 0.2) is 0 Å². The van der Waals surface area contributed by atoms with Crippen molar-refractivity contribution in [2.75, 3.05) is 12.4 Å². The maximum Gasteiger partial charge on any atom is 0.238 e. The number of halogens is 1. The second-order valence-corrected chi connectivity index (χ2v) is 5.58. The van der Waals surface area contributed by atoms with E-state index in [1.54, 1.807) is 0 Å². The summed E-state index contributed by atoms with van der Waals surface area (Å²) in [4.78, 5) is 28.2. The van der Waals surface area contributed by atoms with E-state index in [1.165, 1.54) is 11.8 Å². The fourth-order valence-corrected chi connectivity index (χ4v) is 3.26. The van der Waals surface area contributed by atoms with Crippen LogP contribution in [-0.4, -0.2) is 34.2 Å². The van der Waals surface area contributed by atoms with Gasteiger partial charge in [0.05, 0.1) is 11.7 Å². The van der Waals surface area contributed by atoms with Crippen LogP contribution in [-0.2, 0) is 21.5 Å². The second-order valence-electron chi connectivity index (χ2n) is 5.31. The molecule has 1 N–H and O–H groups in total. The summed E-state index contributed by atoms with van der Waals surface area (Å²) in [6, 6.07) is 7.61. The number of benzene rings is 1. The molecule has 110 valence electrons. The molecule has 5 nitrogen and oxygen atoms in total. The maximum atomic E-state index is 12.0.